The maximum atomic E-state index is 12.3. The predicted octanol–water partition coefficient (Wildman–Crippen LogP) is 0.942. The third-order valence-corrected chi connectivity index (χ3v) is 3.12. The maximum absolute atomic E-state index is 12.3. The van der Waals surface area contributed by atoms with Crippen LogP contribution in [0.1, 0.15) is 5.69 Å². The summed E-state index contributed by atoms with van der Waals surface area (Å²) in [5.41, 5.74) is 3.32. The highest BCUT2D eigenvalue weighted by molar-refractivity contribution is 5.81. The van der Waals surface area contributed by atoms with Gasteiger partial charge in [-0.2, -0.15) is 5.10 Å². The van der Waals surface area contributed by atoms with Gasteiger partial charge in [-0.25, -0.2) is 10.4 Å². The smallest absolute Gasteiger partial charge is 0.261 e. The van der Waals surface area contributed by atoms with Crippen molar-refractivity contribution in [2.24, 2.45) is 5.10 Å². The molecule has 3 aromatic rings. The number of pyridine rings is 1. The lowest BCUT2D eigenvalue weighted by Crippen LogP contribution is -2.30. The lowest BCUT2D eigenvalue weighted by atomic mass is 10.2. The summed E-state index contributed by atoms with van der Waals surface area (Å²) in [6, 6.07) is 12.3. The van der Waals surface area contributed by atoms with Gasteiger partial charge in [0.25, 0.3) is 11.5 Å². The van der Waals surface area contributed by atoms with Gasteiger partial charge in [0.2, 0.25) is 0 Å². The van der Waals surface area contributed by atoms with Crippen molar-refractivity contribution < 1.29 is 4.79 Å². The van der Waals surface area contributed by atoms with Crippen LogP contribution in [0.3, 0.4) is 0 Å². The number of hydrogen-bond donors (Lipinski definition) is 1. The molecule has 0 radical (unpaired) electrons. The van der Waals surface area contributed by atoms with E-state index in [1.54, 1.807) is 42.6 Å². The van der Waals surface area contributed by atoms with E-state index in [9.17, 15) is 9.59 Å². The molecule has 2 heterocycles. The molecule has 114 valence electrons. The minimum atomic E-state index is -0.420. The Bertz CT molecular complexity index is 918. The van der Waals surface area contributed by atoms with Crippen LogP contribution in [0.2, 0.25) is 0 Å². The van der Waals surface area contributed by atoms with Gasteiger partial charge in [-0.1, -0.05) is 18.2 Å². The van der Waals surface area contributed by atoms with Crippen molar-refractivity contribution in [3.8, 4) is 0 Å². The van der Waals surface area contributed by atoms with E-state index in [0.717, 1.165) is 0 Å². The molecule has 7 heteroatoms. The largest absolute Gasteiger partial charge is 0.289 e. The van der Waals surface area contributed by atoms with Gasteiger partial charge in [-0.05, 0) is 24.3 Å². The van der Waals surface area contributed by atoms with E-state index in [4.69, 9.17) is 0 Å². The average Bonchev–Trinajstić information content (AvgIpc) is 2.59. The van der Waals surface area contributed by atoms with Gasteiger partial charge in [0.1, 0.15) is 6.54 Å². The summed E-state index contributed by atoms with van der Waals surface area (Å²) in [6.45, 7) is -0.157. The molecule has 0 saturated carbocycles. The molecule has 3 rings (SSSR count). The average molecular weight is 307 g/mol. The van der Waals surface area contributed by atoms with Crippen LogP contribution >= 0.6 is 0 Å². The second-order valence-corrected chi connectivity index (χ2v) is 4.74. The molecular weight excluding hydrogens is 294 g/mol. The summed E-state index contributed by atoms with van der Waals surface area (Å²) in [4.78, 5) is 32.3. The van der Waals surface area contributed by atoms with Crippen molar-refractivity contribution in [3.05, 3.63) is 71.0 Å². The van der Waals surface area contributed by atoms with Gasteiger partial charge < -0.3 is 0 Å². The molecule has 1 N–H and O–H groups in total. The van der Waals surface area contributed by atoms with Crippen molar-refractivity contribution >= 4 is 23.0 Å². The fourth-order valence-corrected chi connectivity index (χ4v) is 2.03. The number of carbonyl (C=O) groups is 1. The van der Waals surface area contributed by atoms with Gasteiger partial charge in [0.05, 0.1) is 29.1 Å². The van der Waals surface area contributed by atoms with Crippen LogP contribution in [0, 0.1) is 0 Å². The highest BCUT2D eigenvalue weighted by atomic mass is 16.2. The zero-order valence-electron chi connectivity index (χ0n) is 12.1. The minimum absolute atomic E-state index is 0.157. The summed E-state index contributed by atoms with van der Waals surface area (Å²) in [5, 5.41) is 4.28. The quantitative estimate of drug-likeness (QED) is 0.574. The molecule has 23 heavy (non-hydrogen) atoms. The molecule has 1 amide bonds. The monoisotopic (exact) mass is 307 g/mol. The standard InChI is InChI=1S/C16H13N5O2/c22-15(20-19-9-12-5-3-4-8-17-12)10-21-11-18-14-7-2-1-6-13(14)16(21)23/h1-9,11H,10H2,(H,20,22)/b19-9+. The second-order valence-electron chi connectivity index (χ2n) is 4.74. The first-order chi connectivity index (χ1) is 11.2. The number of rotatable bonds is 4. The van der Waals surface area contributed by atoms with E-state index in [1.165, 1.54) is 17.1 Å². The third kappa shape index (κ3) is 3.46. The Hall–Kier alpha value is -3.35. The molecule has 0 unspecified atom stereocenters. The van der Waals surface area contributed by atoms with E-state index in [2.05, 4.69) is 20.5 Å². The van der Waals surface area contributed by atoms with Crippen LogP contribution in [0.25, 0.3) is 10.9 Å². The van der Waals surface area contributed by atoms with Gasteiger partial charge in [-0.15, -0.1) is 0 Å². The number of hydrogen-bond acceptors (Lipinski definition) is 5. The van der Waals surface area contributed by atoms with Crippen molar-refractivity contribution in [1.29, 1.82) is 0 Å². The van der Waals surface area contributed by atoms with Crippen molar-refractivity contribution in [2.45, 2.75) is 6.54 Å². The summed E-state index contributed by atoms with van der Waals surface area (Å²) in [6.07, 6.45) is 4.41. The zero-order valence-corrected chi connectivity index (χ0v) is 12.1. The molecule has 1 aromatic carbocycles. The topological polar surface area (TPSA) is 89.2 Å². The molecule has 0 atom stereocenters. The summed E-state index contributed by atoms with van der Waals surface area (Å²) >= 11 is 0. The van der Waals surface area contributed by atoms with E-state index < -0.39 is 5.91 Å². The Morgan fingerprint density at radius 3 is 2.83 bits per heavy atom. The Morgan fingerprint density at radius 1 is 1.17 bits per heavy atom. The second kappa shape index (κ2) is 6.61. The van der Waals surface area contributed by atoms with Gasteiger partial charge >= 0.3 is 0 Å². The van der Waals surface area contributed by atoms with E-state index in [0.29, 0.717) is 16.6 Å². The Labute approximate surface area is 131 Å². The fraction of sp³-hybridized carbons (Fsp3) is 0.0625. The number of carbonyl (C=O) groups excluding carboxylic acids is 1. The fourth-order valence-electron chi connectivity index (χ4n) is 2.03. The van der Waals surface area contributed by atoms with Crippen LogP contribution in [0.5, 0.6) is 0 Å². The molecule has 0 aliphatic carbocycles. The van der Waals surface area contributed by atoms with Crippen molar-refractivity contribution in [3.63, 3.8) is 0 Å². The minimum Gasteiger partial charge on any atom is -0.289 e. The van der Waals surface area contributed by atoms with Crippen LogP contribution in [0.15, 0.2) is 64.9 Å². The first-order valence-corrected chi connectivity index (χ1v) is 6.91. The highest BCUT2D eigenvalue weighted by Crippen LogP contribution is 2.04. The summed E-state index contributed by atoms with van der Waals surface area (Å²) in [7, 11) is 0. The number of fused-ring (bicyclic) bond motifs is 1. The Balaban J connectivity index is 1.70. The molecule has 7 nitrogen and oxygen atoms in total. The maximum Gasteiger partial charge on any atom is 0.261 e. The lowest BCUT2D eigenvalue weighted by molar-refractivity contribution is -0.121. The highest BCUT2D eigenvalue weighted by Gasteiger charge is 2.07. The number of aromatic nitrogens is 3. The summed E-state index contributed by atoms with van der Waals surface area (Å²) < 4.78 is 1.24. The number of hydrazone groups is 1. The van der Waals surface area contributed by atoms with Gasteiger partial charge in [-0.3, -0.25) is 19.1 Å². The predicted molar refractivity (Wildman–Crippen MR) is 86.0 cm³/mol. The molecule has 0 fully saturated rings. The molecule has 0 aliphatic heterocycles. The number of nitrogens with zero attached hydrogens (tertiary/aromatic N) is 4. The number of nitrogens with one attached hydrogen (secondary N) is 1. The number of para-hydroxylation sites is 1. The summed E-state index contributed by atoms with van der Waals surface area (Å²) in [5.74, 6) is -0.420. The van der Waals surface area contributed by atoms with Gasteiger partial charge in [0.15, 0.2) is 0 Å². The molecular formula is C16H13N5O2. The number of amides is 1. The van der Waals surface area contributed by atoms with Gasteiger partial charge in [0, 0.05) is 6.20 Å². The van der Waals surface area contributed by atoms with Crippen LogP contribution < -0.4 is 11.0 Å². The first kappa shape index (κ1) is 14.6. The lowest BCUT2D eigenvalue weighted by Gasteiger charge is -2.05. The van der Waals surface area contributed by atoms with Crippen LogP contribution in [-0.4, -0.2) is 26.7 Å². The molecule has 2 aromatic heterocycles. The Kier molecular flexibility index (Phi) is 4.19. The Morgan fingerprint density at radius 2 is 2.00 bits per heavy atom. The van der Waals surface area contributed by atoms with Crippen LogP contribution in [-0.2, 0) is 11.3 Å². The number of benzene rings is 1. The molecule has 0 spiro atoms. The third-order valence-electron chi connectivity index (χ3n) is 3.12. The van der Waals surface area contributed by atoms with E-state index in [1.807, 2.05) is 6.07 Å². The van der Waals surface area contributed by atoms with E-state index in [-0.39, 0.29) is 12.1 Å². The van der Waals surface area contributed by atoms with Crippen molar-refractivity contribution in [2.75, 3.05) is 0 Å². The zero-order chi connectivity index (χ0) is 16.1. The SMILES string of the molecule is O=C(Cn1cnc2ccccc2c1=O)N/N=C/c1ccccn1. The van der Waals surface area contributed by atoms with Crippen molar-refractivity contribution in [1.82, 2.24) is 20.0 Å². The van der Waals surface area contributed by atoms with E-state index >= 15 is 0 Å². The molecule has 0 saturated heterocycles. The normalized spacial score (nSPS) is 11.0. The first-order valence-electron chi connectivity index (χ1n) is 6.91. The van der Waals surface area contributed by atoms with Crippen LogP contribution in [0.4, 0.5) is 0 Å². The molecule has 0 bridgehead atoms. The molecule has 0 aliphatic rings.